The SMILES string of the molecule is CCCCCCCCCCCCOC1O[C@H](CO)[C@@H](O)[C@H](O)[C@H]1OC(=O)C(O)CC(=O)O. The second-order valence-corrected chi connectivity index (χ2v) is 8.27. The fourth-order valence-electron chi connectivity index (χ4n) is 3.57. The van der Waals surface area contributed by atoms with E-state index in [1.807, 2.05) is 0 Å². The van der Waals surface area contributed by atoms with Crippen molar-refractivity contribution in [2.24, 2.45) is 0 Å². The highest BCUT2D eigenvalue weighted by atomic mass is 16.7. The number of aliphatic hydroxyl groups excluding tert-OH is 4. The Morgan fingerprint density at radius 3 is 2.03 bits per heavy atom. The molecule has 10 nitrogen and oxygen atoms in total. The number of carboxylic acids is 1. The normalized spacial score (nSPS) is 26.6. The lowest BCUT2D eigenvalue weighted by molar-refractivity contribution is -0.305. The van der Waals surface area contributed by atoms with Crippen LogP contribution in [0.25, 0.3) is 0 Å². The zero-order valence-corrected chi connectivity index (χ0v) is 18.9. The van der Waals surface area contributed by atoms with Crippen LogP contribution in [0.5, 0.6) is 0 Å². The number of ether oxygens (including phenoxy) is 3. The van der Waals surface area contributed by atoms with Gasteiger partial charge in [-0.25, -0.2) is 4.79 Å². The Morgan fingerprint density at radius 1 is 0.938 bits per heavy atom. The van der Waals surface area contributed by atoms with Gasteiger partial charge in [-0.2, -0.15) is 0 Å². The Balaban J connectivity index is 2.44. The number of aliphatic carboxylic acids is 1. The third kappa shape index (κ3) is 10.5. The summed E-state index contributed by atoms with van der Waals surface area (Å²) in [5.41, 5.74) is 0. The Morgan fingerprint density at radius 2 is 1.50 bits per heavy atom. The molecule has 1 saturated heterocycles. The van der Waals surface area contributed by atoms with Gasteiger partial charge in [0.05, 0.1) is 13.0 Å². The molecule has 188 valence electrons. The predicted molar refractivity (Wildman–Crippen MR) is 114 cm³/mol. The standard InChI is InChI=1S/C22H40O10/c1-2-3-4-5-6-7-8-9-10-11-12-30-22-20(19(28)18(27)16(14-23)31-22)32-21(29)15(24)13-17(25)26/h15-16,18-20,22-24,27-28H,2-14H2,1H3,(H,25,26)/t15?,16-,18-,19+,20-,22?/m1/s1. The summed E-state index contributed by atoms with van der Waals surface area (Å²) in [7, 11) is 0. The maximum atomic E-state index is 12.0. The number of esters is 1. The number of unbranched alkanes of at least 4 members (excludes halogenated alkanes) is 9. The van der Waals surface area contributed by atoms with Crippen LogP contribution in [0.15, 0.2) is 0 Å². The van der Waals surface area contributed by atoms with Crippen molar-refractivity contribution in [3.8, 4) is 0 Å². The van der Waals surface area contributed by atoms with Crippen LogP contribution in [0.2, 0.25) is 0 Å². The molecule has 1 aliphatic rings. The van der Waals surface area contributed by atoms with E-state index < -0.39 is 61.8 Å². The molecule has 10 heteroatoms. The van der Waals surface area contributed by atoms with Gasteiger partial charge in [-0.1, -0.05) is 64.7 Å². The Kier molecular flexibility index (Phi) is 14.7. The van der Waals surface area contributed by atoms with Gasteiger partial charge in [0, 0.05) is 6.61 Å². The first-order chi connectivity index (χ1) is 15.3. The van der Waals surface area contributed by atoms with Crippen molar-refractivity contribution in [1.29, 1.82) is 0 Å². The van der Waals surface area contributed by atoms with E-state index in [-0.39, 0.29) is 6.61 Å². The molecule has 1 heterocycles. The van der Waals surface area contributed by atoms with Crippen molar-refractivity contribution in [3.63, 3.8) is 0 Å². The van der Waals surface area contributed by atoms with Gasteiger partial charge >= 0.3 is 11.9 Å². The molecule has 0 bridgehead atoms. The Labute approximate surface area is 189 Å². The van der Waals surface area contributed by atoms with Crippen LogP contribution >= 0.6 is 0 Å². The first kappa shape index (κ1) is 28.7. The van der Waals surface area contributed by atoms with Gasteiger partial charge in [0.25, 0.3) is 0 Å². The average molecular weight is 465 g/mol. The fraction of sp³-hybridized carbons (Fsp3) is 0.909. The summed E-state index contributed by atoms with van der Waals surface area (Å²) in [5.74, 6) is -2.67. The fourth-order valence-corrected chi connectivity index (χ4v) is 3.57. The van der Waals surface area contributed by atoms with E-state index in [0.29, 0.717) is 6.42 Å². The summed E-state index contributed by atoms with van der Waals surface area (Å²) in [6.07, 6.45) is 1.50. The highest BCUT2D eigenvalue weighted by Crippen LogP contribution is 2.25. The zero-order valence-electron chi connectivity index (χ0n) is 18.9. The number of carbonyl (C=O) groups excluding carboxylic acids is 1. The molecule has 0 spiro atoms. The number of carbonyl (C=O) groups is 2. The number of rotatable bonds is 17. The van der Waals surface area contributed by atoms with Gasteiger partial charge in [0.2, 0.25) is 0 Å². The van der Waals surface area contributed by atoms with Crippen molar-refractivity contribution in [2.75, 3.05) is 13.2 Å². The van der Waals surface area contributed by atoms with Crippen molar-refractivity contribution in [2.45, 2.75) is 114 Å². The number of carboxylic acid groups (broad SMARTS) is 1. The molecule has 0 radical (unpaired) electrons. The van der Waals surface area contributed by atoms with Gasteiger partial charge in [-0.3, -0.25) is 4.79 Å². The van der Waals surface area contributed by atoms with Crippen LogP contribution in [-0.4, -0.2) is 87.5 Å². The van der Waals surface area contributed by atoms with E-state index in [4.69, 9.17) is 19.3 Å². The van der Waals surface area contributed by atoms with Gasteiger partial charge in [0.1, 0.15) is 18.3 Å². The summed E-state index contributed by atoms with van der Waals surface area (Å²) in [6.45, 7) is 1.86. The molecule has 1 fully saturated rings. The second kappa shape index (κ2) is 16.3. The summed E-state index contributed by atoms with van der Waals surface area (Å²) in [4.78, 5) is 22.6. The zero-order chi connectivity index (χ0) is 23.9. The molecule has 1 aliphatic heterocycles. The third-order valence-electron chi connectivity index (χ3n) is 5.50. The predicted octanol–water partition coefficient (Wildman–Crippen LogP) is 1.11. The topological polar surface area (TPSA) is 163 Å². The van der Waals surface area contributed by atoms with Crippen LogP contribution in [-0.2, 0) is 23.8 Å². The van der Waals surface area contributed by atoms with Crippen LogP contribution in [0, 0.1) is 0 Å². The molecule has 0 aromatic heterocycles. The maximum Gasteiger partial charge on any atom is 0.336 e. The van der Waals surface area contributed by atoms with Gasteiger partial charge in [0.15, 0.2) is 18.5 Å². The Bertz CT molecular complexity index is 529. The molecule has 2 unspecified atom stereocenters. The lowest BCUT2D eigenvalue weighted by atomic mass is 9.99. The molecule has 1 rings (SSSR count). The molecule has 0 aromatic carbocycles. The summed E-state index contributed by atoms with van der Waals surface area (Å²) in [5, 5.41) is 48.0. The molecule has 0 aromatic rings. The summed E-state index contributed by atoms with van der Waals surface area (Å²) in [6, 6.07) is 0. The molecular weight excluding hydrogens is 424 g/mol. The van der Waals surface area contributed by atoms with Crippen LogP contribution in [0.4, 0.5) is 0 Å². The van der Waals surface area contributed by atoms with Gasteiger partial charge in [-0.15, -0.1) is 0 Å². The second-order valence-electron chi connectivity index (χ2n) is 8.27. The minimum absolute atomic E-state index is 0.244. The third-order valence-corrected chi connectivity index (χ3v) is 5.50. The monoisotopic (exact) mass is 464 g/mol. The smallest absolute Gasteiger partial charge is 0.336 e. The number of aliphatic hydroxyl groups is 4. The van der Waals surface area contributed by atoms with E-state index in [1.165, 1.54) is 38.5 Å². The highest BCUT2D eigenvalue weighted by molar-refractivity contribution is 5.80. The lowest BCUT2D eigenvalue weighted by Crippen LogP contribution is -2.60. The highest BCUT2D eigenvalue weighted by Gasteiger charge is 2.47. The van der Waals surface area contributed by atoms with Crippen LogP contribution in [0.3, 0.4) is 0 Å². The quantitative estimate of drug-likeness (QED) is 0.156. The first-order valence-corrected chi connectivity index (χ1v) is 11.7. The van der Waals surface area contributed by atoms with Crippen molar-refractivity contribution >= 4 is 11.9 Å². The molecular formula is C22H40O10. The molecule has 5 N–H and O–H groups in total. The van der Waals surface area contributed by atoms with Crippen LogP contribution in [0.1, 0.15) is 77.6 Å². The van der Waals surface area contributed by atoms with Crippen molar-refractivity contribution in [3.05, 3.63) is 0 Å². The summed E-state index contributed by atoms with van der Waals surface area (Å²) < 4.78 is 16.0. The summed E-state index contributed by atoms with van der Waals surface area (Å²) >= 11 is 0. The first-order valence-electron chi connectivity index (χ1n) is 11.7. The van der Waals surface area contributed by atoms with E-state index >= 15 is 0 Å². The van der Waals surface area contributed by atoms with E-state index in [1.54, 1.807) is 0 Å². The molecule has 32 heavy (non-hydrogen) atoms. The molecule has 0 saturated carbocycles. The lowest BCUT2D eigenvalue weighted by Gasteiger charge is -2.41. The number of hydrogen-bond donors (Lipinski definition) is 5. The van der Waals surface area contributed by atoms with E-state index in [9.17, 15) is 30.0 Å². The molecule has 0 aliphatic carbocycles. The Hall–Kier alpha value is -1.30. The largest absolute Gasteiger partial charge is 0.481 e. The van der Waals surface area contributed by atoms with E-state index in [0.717, 1.165) is 19.3 Å². The molecule has 0 amide bonds. The molecule has 6 atom stereocenters. The average Bonchev–Trinajstić information content (AvgIpc) is 2.75. The maximum absolute atomic E-state index is 12.0. The van der Waals surface area contributed by atoms with Gasteiger partial charge < -0.3 is 39.7 Å². The minimum Gasteiger partial charge on any atom is -0.481 e. The van der Waals surface area contributed by atoms with Gasteiger partial charge in [-0.05, 0) is 6.42 Å². The van der Waals surface area contributed by atoms with Crippen molar-refractivity contribution in [1.82, 2.24) is 0 Å². The van der Waals surface area contributed by atoms with E-state index in [2.05, 4.69) is 6.92 Å². The van der Waals surface area contributed by atoms with Crippen LogP contribution < -0.4 is 0 Å². The number of hydrogen-bond acceptors (Lipinski definition) is 9. The van der Waals surface area contributed by atoms with Crippen molar-refractivity contribution < 1.29 is 49.3 Å². The minimum atomic E-state index is -1.94.